The lowest BCUT2D eigenvalue weighted by atomic mass is 9.80. The molecule has 30 heavy (non-hydrogen) atoms. The molecule has 1 fully saturated rings. The van der Waals surface area contributed by atoms with Crippen molar-refractivity contribution in [3.05, 3.63) is 57.8 Å². The Morgan fingerprint density at radius 2 is 1.73 bits per heavy atom. The number of carbonyl (C=O) groups is 2. The highest BCUT2D eigenvalue weighted by Crippen LogP contribution is 2.33. The number of halogens is 3. The van der Waals surface area contributed by atoms with Crippen LogP contribution in [0.3, 0.4) is 0 Å². The quantitative estimate of drug-likeness (QED) is 0.354. The number of benzene rings is 2. The van der Waals surface area contributed by atoms with Crippen molar-refractivity contribution in [1.82, 2.24) is 0 Å². The molecule has 1 aliphatic carbocycles. The van der Waals surface area contributed by atoms with Crippen LogP contribution in [0.1, 0.15) is 55.8 Å². The van der Waals surface area contributed by atoms with E-state index in [1.807, 2.05) is 0 Å². The van der Waals surface area contributed by atoms with Crippen molar-refractivity contribution in [2.75, 3.05) is 0 Å². The third kappa shape index (κ3) is 5.73. The van der Waals surface area contributed by atoms with E-state index in [2.05, 4.69) is 6.92 Å². The molecule has 1 saturated carbocycles. The number of ether oxygens (including phenoxy) is 2. The Balaban J connectivity index is 1.61. The van der Waals surface area contributed by atoms with Gasteiger partial charge in [-0.2, -0.15) is 0 Å². The maximum atomic E-state index is 13.1. The monoisotopic (exact) mass is 452 g/mol. The molecule has 2 aromatic rings. The third-order valence-electron chi connectivity index (χ3n) is 5.35. The highest BCUT2D eigenvalue weighted by molar-refractivity contribution is 6.34. The fourth-order valence-electron chi connectivity index (χ4n) is 3.73. The van der Waals surface area contributed by atoms with Crippen LogP contribution >= 0.6 is 23.2 Å². The SMILES string of the molecule is CCC[C@H]1CC[C@H](C(=O)Oc2ccc(C(=O)Oc3ccc(F)cc3Cl)c(Cl)c2)CC1. The van der Waals surface area contributed by atoms with Gasteiger partial charge in [0.2, 0.25) is 0 Å². The summed E-state index contributed by atoms with van der Waals surface area (Å²) in [5.41, 5.74) is 0.0805. The molecule has 0 atom stereocenters. The minimum atomic E-state index is -0.749. The molecule has 0 spiro atoms. The number of rotatable bonds is 6. The maximum absolute atomic E-state index is 13.1. The van der Waals surface area contributed by atoms with Crippen LogP contribution in [0.2, 0.25) is 10.0 Å². The van der Waals surface area contributed by atoms with Gasteiger partial charge < -0.3 is 9.47 Å². The Morgan fingerprint density at radius 1 is 1.00 bits per heavy atom. The van der Waals surface area contributed by atoms with Crippen molar-refractivity contribution >= 4 is 35.1 Å². The Kier molecular flexibility index (Phi) is 7.73. The molecule has 0 aliphatic heterocycles. The van der Waals surface area contributed by atoms with E-state index in [1.165, 1.54) is 37.1 Å². The van der Waals surface area contributed by atoms with Gasteiger partial charge in [0.05, 0.1) is 21.5 Å². The molecule has 160 valence electrons. The summed E-state index contributed by atoms with van der Waals surface area (Å²) in [6.07, 6.45) is 6.13. The Labute approximate surface area is 185 Å². The first-order valence-corrected chi connectivity index (χ1v) is 10.8. The van der Waals surface area contributed by atoms with E-state index in [1.54, 1.807) is 0 Å². The van der Waals surface area contributed by atoms with Crippen molar-refractivity contribution in [3.8, 4) is 11.5 Å². The zero-order valence-electron chi connectivity index (χ0n) is 16.6. The summed E-state index contributed by atoms with van der Waals surface area (Å²) >= 11 is 12.1. The van der Waals surface area contributed by atoms with Gasteiger partial charge >= 0.3 is 11.9 Å². The van der Waals surface area contributed by atoms with Crippen LogP contribution in [-0.2, 0) is 4.79 Å². The van der Waals surface area contributed by atoms with Crippen molar-refractivity contribution in [2.45, 2.75) is 45.4 Å². The lowest BCUT2D eigenvalue weighted by Gasteiger charge is -2.26. The molecule has 7 heteroatoms. The van der Waals surface area contributed by atoms with Crippen molar-refractivity contribution in [3.63, 3.8) is 0 Å². The Bertz CT molecular complexity index is 923. The molecule has 1 aliphatic rings. The van der Waals surface area contributed by atoms with Gasteiger partial charge in [0.1, 0.15) is 17.3 Å². The third-order valence-corrected chi connectivity index (χ3v) is 5.96. The highest BCUT2D eigenvalue weighted by atomic mass is 35.5. The summed E-state index contributed by atoms with van der Waals surface area (Å²) in [6.45, 7) is 2.18. The van der Waals surface area contributed by atoms with Crippen molar-refractivity contribution in [2.24, 2.45) is 11.8 Å². The van der Waals surface area contributed by atoms with Gasteiger partial charge in [0.25, 0.3) is 0 Å². The second-order valence-electron chi connectivity index (χ2n) is 7.53. The Hall–Kier alpha value is -2.11. The van der Waals surface area contributed by atoms with E-state index in [4.69, 9.17) is 32.7 Å². The average Bonchev–Trinajstić information content (AvgIpc) is 2.71. The van der Waals surface area contributed by atoms with Gasteiger partial charge in [-0.15, -0.1) is 0 Å². The molecule has 0 heterocycles. The van der Waals surface area contributed by atoms with Gasteiger partial charge in [-0.3, -0.25) is 4.79 Å². The van der Waals surface area contributed by atoms with E-state index in [-0.39, 0.29) is 39.0 Å². The summed E-state index contributed by atoms with van der Waals surface area (Å²) in [7, 11) is 0. The van der Waals surface area contributed by atoms with E-state index in [0.29, 0.717) is 5.92 Å². The minimum Gasteiger partial charge on any atom is -0.426 e. The number of carbonyl (C=O) groups excluding carboxylic acids is 2. The lowest BCUT2D eigenvalue weighted by molar-refractivity contribution is -0.140. The molecule has 3 rings (SSSR count). The smallest absolute Gasteiger partial charge is 0.345 e. The van der Waals surface area contributed by atoms with Crippen LogP contribution in [0, 0.1) is 17.7 Å². The van der Waals surface area contributed by atoms with E-state index in [0.717, 1.165) is 37.8 Å². The van der Waals surface area contributed by atoms with Crippen molar-refractivity contribution in [1.29, 1.82) is 0 Å². The summed E-state index contributed by atoms with van der Waals surface area (Å²) < 4.78 is 23.8. The molecular weight excluding hydrogens is 430 g/mol. The standard InChI is InChI=1S/C23H23Cl2FO4/c1-2-3-14-4-6-15(7-5-14)22(27)29-17-9-10-18(19(24)13-17)23(28)30-21-11-8-16(26)12-20(21)25/h8-15H,2-7H2,1H3/t14-,15-. The van der Waals surface area contributed by atoms with E-state index < -0.39 is 11.8 Å². The maximum Gasteiger partial charge on any atom is 0.345 e. The second kappa shape index (κ2) is 10.3. The predicted octanol–water partition coefficient (Wildman–Crippen LogP) is 6.86. The van der Waals surface area contributed by atoms with Crippen LogP contribution in [0.4, 0.5) is 4.39 Å². The molecule has 0 aromatic heterocycles. The Morgan fingerprint density at radius 3 is 2.37 bits per heavy atom. The molecule has 0 bridgehead atoms. The molecular formula is C23H23Cl2FO4. The minimum absolute atomic E-state index is 0.0216. The fraction of sp³-hybridized carbons (Fsp3) is 0.391. The summed E-state index contributed by atoms with van der Waals surface area (Å²) in [5.74, 6) is -0.668. The summed E-state index contributed by atoms with van der Waals surface area (Å²) in [5, 5.41) is 0.0499. The molecule has 0 unspecified atom stereocenters. The zero-order valence-corrected chi connectivity index (χ0v) is 18.1. The molecule has 0 saturated heterocycles. The van der Waals surface area contributed by atoms with Crippen LogP contribution in [0.5, 0.6) is 11.5 Å². The largest absolute Gasteiger partial charge is 0.426 e. The number of esters is 2. The normalized spacial score (nSPS) is 18.7. The highest BCUT2D eigenvalue weighted by Gasteiger charge is 2.27. The van der Waals surface area contributed by atoms with E-state index in [9.17, 15) is 14.0 Å². The first kappa shape index (κ1) is 22.6. The van der Waals surface area contributed by atoms with Crippen molar-refractivity contribution < 1.29 is 23.5 Å². The van der Waals surface area contributed by atoms with Gasteiger partial charge in [-0.05, 0) is 61.9 Å². The van der Waals surface area contributed by atoms with Gasteiger partial charge in [-0.1, -0.05) is 43.0 Å². The first-order valence-electron chi connectivity index (χ1n) is 10.1. The van der Waals surface area contributed by atoms with Gasteiger partial charge in [-0.25, -0.2) is 9.18 Å². The van der Waals surface area contributed by atoms with Gasteiger partial charge in [0, 0.05) is 6.07 Å². The molecule has 0 radical (unpaired) electrons. The van der Waals surface area contributed by atoms with Gasteiger partial charge in [0.15, 0.2) is 0 Å². The topological polar surface area (TPSA) is 52.6 Å². The average molecular weight is 453 g/mol. The van der Waals surface area contributed by atoms with Crippen LogP contribution in [0.25, 0.3) is 0 Å². The summed E-state index contributed by atoms with van der Waals surface area (Å²) in [6, 6.07) is 7.76. The number of hydrogen-bond acceptors (Lipinski definition) is 4. The van der Waals surface area contributed by atoms with Crippen LogP contribution < -0.4 is 9.47 Å². The summed E-state index contributed by atoms with van der Waals surface area (Å²) in [4.78, 5) is 24.8. The van der Waals surface area contributed by atoms with Crippen LogP contribution in [-0.4, -0.2) is 11.9 Å². The number of hydrogen-bond donors (Lipinski definition) is 0. The lowest BCUT2D eigenvalue weighted by Crippen LogP contribution is -2.25. The molecule has 4 nitrogen and oxygen atoms in total. The predicted molar refractivity (Wildman–Crippen MR) is 114 cm³/mol. The fourth-order valence-corrected chi connectivity index (χ4v) is 4.19. The molecule has 2 aromatic carbocycles. The molecule has 0 amide bonds. The second-order valence-corrected chi connectivity index (χ2v) is 8.35. The van der Waals surface area contributed by atoms with Crippen LogP contribution in [0.15, 0.2) is 36.4 Å². The zero-order chi connectivity index (χ0) is 21.7. The molecule has 0 N–H and O–H groups in total. The van der Waals surface area contributed by atoms with E-state index >= 15 is 0 Å². The first-order chi connectivity index (χ1) is 14.4.